The number of aromatic nitrogens is 1. The summed E-state index contributed by atoms with van der Waals surface area (Å²) in [7, 11) is 0. The summed E-state index contributed by atoms with van der Waals surface area (Å²) >= 11 is 0. The quantitative estimate of drug-likeness (QED) is 0.303. The molecule has 1 fully saturated rings. The number of carbonyl (C=O) groups excluding carboxylic acids is 2. The SMILES string of the molecule is O=C(NCCc1ccccc1)[C@H]1C[C@@H](C(=O)Nc2ccc3c(c2)CCC3)CN(Cc2c[nH]c3ccccc23)C1. The summed E-state index contributed by atoms with van der Waals surface area (Å²) in [6, 6.07) is 24.8. The molecule has 2 amide bonds. The van der Waals surface area contributed by atoms with Gasteiger partial charge in [-0.2, -0.15) is 0 Å². The number of nitrogens with one attached hydrogen (secondary N) is 3. The van der Waals surface area contributed by atoms with Crippen LogP contribution in [0.2, 0.25) is 0 Å². The van der Waals surface area contributed by atoms with E-state index in [1.165, 1.54) is 34.1 Å². The molecule has 3 N–H and O–H groups in total. The largest absolute Gasteiger partial charge is 0.361 e. The summed E-state index contributed by atoms with van der Waals surface area (Å²) < 4.78 is 0. The summed E-state index contributed by atoms with van der Waals surface area (Å²) in [5.74, 6) is -0.471. The summed E-state index contributed by atoms with van der Waals surface area (Å²) in [6.07, 6.45) is 6.77. The first-order chi connectivity index (χ1) is 19.1. The number of hydrogen-bond donors (Lipinski definition) is 3. The Balaban J connectivity index is 1.16. The van der Waals surface area contributed by atoms with Crippen molar-refractivity contribution in [2.24, 2.45) is 11.8 Å². The number of aryl methyl sites for hydroxylation is 2. The second-order valence-electron chi connectivity index (χ2n) is 11.0. The lowest BCUT2D eigenvalue weighted by molar-refractivity contribution is -0.130. The maximum Gasteiger partial charge on any atom is 0.228 e. The molecule has 2 aliphatic rings. The highest BCUT2D eigenvalue weighted by atomic mass is 16.2. The number of piperidine rings is 1. The molecule has 1 aliphatic carbocycles. The molecule has 2 heterocycles. The van der Waals surface area contributed by atoms with Crippen LogP contribution in [0.3, 0.4) is 0 Å². The fourth-order valence-electron chi connectivity index (χ4n) is 6.22. The van der Waals surface area contributed by atoms with E-state index in [2.05, 4.69) is 56.9 Å². The minimum atomic E-state index is -0.262. The van der Waals surface area contributed by atoms with Crippen LogP contribution in [0.1, 0.15) is 35.1 Å². The molecule has 1 aromatic heterocycles. The van der Waals surface area contributed by atoms with Gasteiger partial charge in [0.1, 0.15) is 0 Å². The van der Waals surface area contributed by atoms with Gasteiger partial charge in [0.2, 0.25) is 11.8 Å². The summed E-state index contributed by atoms with van der Waals surface area (Å²) in [6.45, 7) is 2.55. The van der Waals surface area contributed by atoms with Gasteiger partial charge >= 0.3 is 0 Å². The van der Waals surface area contributed by atoms with Crippen LogP contribution in [0.5, 0.6) is 0 Å². The van der Waals surface area contributed by atoms with E-state index < -0.39 is 0 Å². The maximum absolute atomic E-state index is 13.5. The molecule has 1 aliphatic heterocycles. The van der Waals surface area contributed by atoms with E-state index in [-0.39, 0.29) is 23.7 Å². The highest BCUT2D eigenvalue weighted by molar-refractivity contribution is 5.93. The van der Waals surface area contributed by atoms with Gasteiger partial charge in [0.15, 0.2) is 0 Å². The van der Waals surface area contributed by atoms with E-state index in [1.807, 2.05) is 42.6 Å². The Morgan fingerprint density at radius 1 is 0.872 bits per heavy atom. The van der Waals surface area contributed by atoms with Crippen molar-refractivity contribution in [3.8, 4) is 0 Å². The Bertz CT molecular complexity index is 1460. The van der Waals surface area contributed by atoms with Gasteiger partial charge in [-0.1, -0.05) is 54.6 Å². The fraction of sp³-hybridized carbons (Fsp3) is 0.333. The lowest BCUT2D eigenvalue weighted by atomic mass is 9.87. The van der Waals surface area contributed by atoms with Crippen molar-refractivity contribution in [1.82, 2.24) is 15.2 Å². The average Bonchev–Trinajstić information content (AvgIpc) is 3.60. The average molecular weight is 521 g/mol. The molecule has 2 atom stereocenters. The van der Waals surface area contributed by atoms with E-state index in [9.17, 15) is 9.59 Å². The van der Waals surface area contributed by atoms with Crippen molar-refractivity contribution < 1.29 is 9.59 Å². The lowest BCUT2D eigenvalue weighted by Crippen LogP contribution is -2.49. The Kier molecular flexibility index (Phi) is 7.46. The topological polar surface area (TPSA) is 77.2 Å². The Morgan fingerprint density at radius 2 is 1.64 bits per heavy atom. The lowest BCUT2D eigenvalue weighted by Gasteiger charge is -2.36. The highest BCUT2D eigenvalue weighted by Gasteiger charge is 2.35. The van der Waals surface area contributed by atoms with Crippen molar-refractivity contribution in [3.63, 3.8) is 0 Å². The number of likely N-dealkylation sites (tertiary alicyclic amines) is 1. The zero-order valence-electron chi connectivity index (χ0n) is 22.3. The smallest absolute Gasteiger partial charge is 0.228 e. The normalized spacial score (nSPS) is 19.1. The molecule has 6 nitrogen and oxygen atoms in total. The van der Waals surface area contributed by atoms with Crippen LogP contribution in [-0.2, 0) is 35.4 Å². The highest BCUT2D eigenvalue weighted by Crippen LogP contribution is 2.29. The van der Waals surface area contributed by atoms with Crippen LogP contribution >= 0.6 is 0 Å². The zero-order valence-corrected chi connectivity index (χ0v) is 22.3. The summed E-state index contributed by atoms with van der Waals surface area (Å²) in [5, 5.41) is 7.50. The molecule has 0 bridgehead atoms. The van der Waals surface area contributed by atoms with Crippen LogP contribution in [0.25, 0.3) is 10.9 Å². The number of amides is 2. The number of rotatable bonds is 8. The number of anilines is 1. The van der Waals surface area contributed by atoms with Crippen molar-refractivity contribution in [1.29, 1.82) is 0 Å². The number of benzene rings is 3. The Hall–Kier alpha value is -3.90. The first-order valence-electron chi connectivity index (χ1n) is 14.1. The molecule has 1 saturated heterocycles. The van der Waals surface area contributed by atoms with Crippen LogP contribution < -0.4 is 10.6 Å². The number of nitrogens with zero attached hydrogens (tertiary/aromatic N) is 1. The molecular weight excluding hydrogens is 484 g/mol. The van der Waals surface area contributed by atoms with E-state index >= 15 is 0 Å². The molecule has 3 aromatic carbocycles. The molecule has 0 radical (unpaired) electrons. The van der Waals surface area contributed by atoms with Crippen LogP contribution in [0.15, 0.2) is 79.0 Å². The number of aromatic amines is 1. The van der Waals surface area contributed by atoms with Gasteiger partial charge in [0, 0.05) is 49.0 Å². The molecule has 4 aromatic rings. The van der Waals surface area contributed by atoms with Crippen LogP contribution in [0.4, 0.5) is 5.69 Å². The van der Waals surface area contributed by atoms with Crippen molar-refractivity contribution >= 4 is 28.4 Å². The first-order valence-corrected chi connectivity index (χ1v) is 14.1. The number of H-pyrrole nitrogens is 1. The maximum atomic E-state index is 13.5. The van der Waals surface area contributed by atoms with E-state index in [0.29, 0.717) is 32.6 Å². The van der Waals surface area contributed by atoms with E-state index in [4.69, 9.17) is 0 Å². The zero-order chi connectivity index (χ0) is 26.6. The number of hydrogen-bond acceptors (Lipinski definition) is 3. The molecule has 200 valence electrons. The predicted octanol–water partition coefficient (Wildman–Crippen LogP) is 5.09. The number of para-hydroxylation sites is 1. The van der Waals surface area contributed by atoms with Gasteiger partial charge in [0.25, 0.3) is 0 Å². The van der Waals surface area contributed by atoms with Crippen molar-refractivity contribution in [2.75, 3.05) is 25.0 Å². The predicted molar refractivity (Wildman–Crippen MR) is 155 cm³/mol. The number of carbonyl (C=O) groups is 2. The van der Waals surface area contributed by atoms with Crippen molar-refractivity contribution in [3.05, 3.63) is 101 Å². The van der Waals surface area contributed by atoms with Gasteiger partial charge in [-0.05, 0) is 72.6 Å². The minimum Gasteiger partial charge on any atom is -0.361 e. The molecule has 6 heteroatoms. The van der Waals surface area contributed by atoms with Gasteiger partial charge < -0.3 is 15.6 Å². The first kappa shape index (κ1) is 25.4. The van der Waals surface area contributed by atoms with Gasteiger partial charge in [-0.15, -0.1) is 0 Å². The molecular formula is C33H36N4O2. The standard InChI is InChI=1S/C33H36N4O2/c38-32(34-16-15-23-7-2-1-3-8-23)26-17-27(33(39)36-29-14-13-24-9-6-10-25(24)18-29)21-37(20-26)22-28-19-35-31-12-5-4-11-30(28)31/h1-5,7-8,11-14,18-19,26-27,35H,6,9-10,15-17,20-22H2,(H,34,38)(H,36,39)/t26-,27+/m0/s1. The molecule has 6 rings (SSSR count). The van der Waals surface area contributed by atoms with E-state index in [1.54, 1.807) is 0 Å². The summed E-state index contributed by atoms with van der Waals surface area (Å²) in [4.78, 5) is 32.5. The third-order valence-corrected chi connectivity index (χ3v) is 8.26. The molecule has 0 saturated carbocycles. The van der Waals surface area contributed by atoms with E-state index in [0.717, 1.165) is 30.5 Å². The minimum absolute atomic E-state index is 0.00124. The third kappa shape index (κ3) is 5.91. The number of fused-ring (bicyclic) bond motifs is 2. The third-order valence-electron chi connectivity index (χ3n) is 8.26. The van der Waals surface area contributed by atoms with Gasteiger partial charge in [0.05, 0.1) is 11.8 Å². The van der Waals surface area contributed by atoms with Crippen LogP contribution in [-0.4, -0.2) is 41.3 Å². The monoisotopic (exact) mass is 520 g/mol. The fourth-order valence-corrected chi connectivity index (χ4v) is 6.22. The summed E-state index contributed by atoms with van der Waals surface area (Å²) in [5.41, 5.74) is 7.09. The molecule has 39 heavy (non-hydrogen) atoms. The second kappa shape index (κ2) is 11.5. The molecule has 0 unspecified atom stereocenters. The van der Waals surface area contributed by atoms with Crippen molar-refractivity contribution in [2.45, 2.75) is 38.6 Å². The molecule has 0 spiro atoms. The van der Waals surface area contributed by atoms with Gasteiger partial charge in [-0.25, -0.2) is 0 Å². The second-order valence-corrected chi connectivity index (χ2v) is 11.0. The Morgan fingerprint density at radius 3 is 2.51 bits per heavy atom. The van der Waals surface area contributed by atoms with Gasteiger partial charge in [-0.3, -0.25) is 14.5 Å². The Labute approximate surface area is 229 Å². The van der Waals surface area contributed by atoms with Crippen LogP contribution in [0, 0.1) is 11.8 Å².